The van der Waals surface area contributed by atoms with Crippen molar-refractivity contribution in [3.8, 4) is 11.1 Å². The van der Waals surface area contributed by atoms with Crippen LogP contribution in [0, 0.1) is 0 Å². The van der Waals surface area contributed by atoms with Crippen molar-refractivity contribution in [2.24, 2.45) is 0 Å². The molecular weight excluding hydrogens is 384 g/mol. The Morgan fingerprint density at radius 2 is 1.83 bits per heavy atom. The van der Waals surface area contributed by atoms with Crippen LogP contribution in [0.4, 0.5) is 5.82 Å². The highest BCUT2D eigenvalue weighted by atomic mass is 16.5. The van der Waals surface area contributed by atoms with Crippen LogP contribution in [0.1, 0.15) is 28.8 Å². The minimum Gasteiger partial charge on any atom is -0.378 e. The number of aromatic nitrogens is 1. The average Bonchev–Trinajstić information content (AvgIpc) is 3.10. The van der Waals surface area contributed by atoms with E-state index in [9.17, 15) is 14.4 Å². The molecule has 1 atom stereocenters. The van der Waals surface area contributed by atoms with E-state index in [0.717, 1.165) is 35.6 Å². The molecule has 3 aliphatic rings. The standard InChI is InChI=1S/C22H22N4O4/c27-20-4-3-18(21(28)24-20)26-13-16-11-14(1-2-17(16)22(26)29)15-5-6-23-19(12-15)25-7-9-30-10-8-25/h1-2,5-6,11-12,18H,3-4,7-10,13H2,(H,24,27,28). The van der Waals surface area contributed by atoms with Crippen molar-refractivity contribution in [1.29, 1.82) is 0 Å². The summed E-state index contributed by atoms with van der Waals surface area (Å²) in [6, 6.07) is 9.19. The van der Waals surface area contributed by atoms with Crippen LogP contribution in [0.25, 0.3) is 11.1 Å². The molecule has 8 nitrogen and oxygen atoms in total. The predicted molar refractivity (Wildman–Crippen MR) is 109 cm³/mol. The van der Waals surface area contributed by atoms with Gasteiger partial charge in [-0.05, 0) is 47.4 Å². The van der Waals surface area contributed by atoms with Gasteiger partial charge in [0.2, 0.25) is 11.8 Å². The van der Waals surface area contributed by atoms with E-state index < -0.39 is 11.9 Å². The number of imide groups is 1. The molecule has 2 fully saturated rings. The molecule has 154 valence electrons. The number of morpholine rings is 1. The topological polar surface area (TPSA) is 91.8 Å². The van der Waals surface area contributed by atoms with Gasteiger partial charge in [-0.15, -0.1) is 0 Å². The Kier molecular flexibility index (Phi) is 4.71. The zero-order valence-corrected chi connectivity index (χ0v) is 16.5. The van der Waals surface area contributed by atoms with Gasteiger partial charge in [-0.25, -0.2) is 4.98 Å². The molecule has 3 aliphatic heterocycles. The Morgan fingerprint density at radius 3 is 2.63 bits per heavy atom. The molecule has 0 spiro atoms. The molecular formula is C22H22N4O4. The number of hydrogen-bond acceptors (Lipinski definition) is 6. The number of fused-ring (bicyclic) bond motifs is 1. The van der Waals surface area contributed by atoms with Crippen LogP contribution in [0.3, 0.4) is 0 Å². The Balaban J connectivity index is 1.39. The number of anilines is 1. The van der Waals surface area contributed by atoms with E-state index in [-0.39, 0.29) is 18.2 Å². The monoisotopic (exact) mass is 406 g/mol. The van der Waals surface area contributed by atoms with E-state index in [2.05, 4.69) is 21.3 Å². The fourth-order valence-corrected chi connectivity index (χ4v) is 4.32. The predicted octanol–water partition coefficient (Wildman–Crippen LogP) is 1.35. The van der Waals surface area contributed by atoms with E-state index in [4.69, 9.17) is 4.74 Å². The highest BCUT2D eigenvalue weighted by Crippen LogP contribution is 2.32. The first-order chi connectivity index (χ1) is 14.6. The van der Waals surface area contributed by atoms with Crippen molar-refractivity contribution in [2.45, 2.75) is 25.4 Å². The molecule has 1 N–H and O–H groups in total. The Bertz CT molecular complexity index is 1030. The summed E-state index contributed by atoms with van der Waals surface area (Å²) < 4.78 is 5.42. The lowest BCUT2D eigenvalue weighted by molar-refractivity contribution is -0.136. The largest absolute Gasteiger partial charge is 0.378 e. The zero-order valence-electron chi connectivity index (χ0n) is 16.5. The number of carbonyl (C=O) groups is 3. The van der Waals surface area contributed by atoms with Crippen molar-refractivity contribution in [1.82, 2.24) is 15.2 Å². The summed E-state index contributed by atoms with van der Waals surface area (Å²) in [5, 5.41) is 2.34. The maximum absolute atomic E-state index is 12.9. The first-order valence-electron chi connectivity index (χ1n) is 10.2. The first kappa shape index (κ1) is 18.7. The molecule has 0 bridgehead atoms. The third-order valence-corrected chi connectivity index (χ3v) is 5.94. The van der Waals surface area contributed by atoms with Gasteiger partial charge in [-0.3, -0.25) is 19.7 Å². The van der Waals surface area contributed by atoms with Gasteiger partial charge in [0.1, 0.15) is 11.9 Å². The molecule has 2 aromatic rings. The van der Waals surface area contributed by atoms with Gasteiger partial charge < -0.3 is 14.5 Å². The fraction of sp³-hybridized carbons (Fsp3) is 0.364. The van der Waals surface area contributed by atoms with Crippen LogP contribution < -0.4 is 10.2 Å². The number of amides is 3. The van der Waals surface area contributed by atoms with Crippen molar-refractivity contribution in [3.05, 3.63) is 47.7 Å². The second-order valence-corrected chi connectivity index (χ2v) is 7.77. The first-order valence-corrected chi connectivity index (χ1v) is 10.2. The second-order valence-electron chi connectivity index (χ2n) is 7.77. The summed E-state index contributed by atoms with van der Waals surface area (Å²) in [6.07, 6.45) is 2.42. The number of pyridine rings is 1. The summed E-state index contributed by atoms with van der Waals surface area (Å²) in [6.45, 7) is 3.40. The lowest BCUT2D eigenvalue weighted by Crippen LogP contribution is -2.52. The van der Waals surface area contributed by atoms with Crippen LogP contribution >= 0.6 is 0 Å². The third-order valence-electron chi connectivity index (χ3n) is 5.94. The van der Waals surface area contributed by atoms with Crippen LogP contribution in [0.2, 0.25) is 0 Å². The molecule has 1 aromatic heterocycles. The molecule has 4 heterocycles. The Morgan fingerprint density at radius 1 is 1.03 bits per heavy atom. The molecule has 5 rings (SSSR count). The molecule has 8 heteroatoms. The van der Waals surface area contributed by atoms with Crippen LogP contribution in [-0.2, 0) is 20.9 Å². The lowest BCUT2D eigenvalue weighted by atomic mass is 10.0. The highest BCUT2D eigenvalue weighted by Gasteiger charge is 2.39. The number of nitrogens with one attached hydrogen (secondary N) is 1. The van der Waals surface area contributed by atoms with E-state index >= 15 is 0 Å². The van der Waals surface area contributed by atoms with Gasteiger partial charge in [0.05, 0.1) is 13.2 Å². The number of rotatable bonds is 3. The summed E-state index contributed by atoms with van der Waals surface area (Å²) in [7, 11) is 0. The molecule has 30 heavy (non-hydrogen) atoms. The van der Waals surface area contributed by atoms with Crippen molar-refractivity contribution in [3.63, 3.8) is 0 Å². The SMILES string of the molecule is O=C1CCC(N2Cc3cc(-c4ccnc(N5CCOCC5)c4)ccc3C2=O)C(=O)N1. The number of ether oxygens (including phenoxy) is 1. The maximum Gasteiger partial charge on any atom is 0.255 e. The molecule has 0 radical (unpaired) electrons. The van der Waals surface area contributed by atoms with Crippen molar-refractivity contribution >= 4 is 23.5 Å². The quantitative estimate of drug-likeness (QED) is 0.774. The van der Waals surface area contributed by atoms with Crippen LogP contribution in [0.5, 0.6) is 0 Å². The van der Waals surface area contributed by atoms with Gasteiger partial charge in [0, 0.05) is 37.8 Å². The van der Waals surface area contributed by atoms with E-state index in [1.165, 1.54) is 0 Å². The number of piperidine rings is 1. The van der Waals surface area contributed by atoms with Gasteiger partial charge >= 0.3 is 0 Å². The molecule has 2 saturated heterocycles. The maximum atomic E-state index is 12.9. The second kappa shape index (κ2) is 7.53. The summed E-state index contributed by atoms with van der Waals surface area (Å²) in [5.74, 6) is 0.0840. The van der Waals surface area contributed by atoms with E-state index in [1.807, 2.05) is 24.3 Å². The number of nitrogens with zero attached hydrogens (tertiary/aromatic N) is 3. The fourth-order valence-electron chi connectivity index (χ4n) is 4.32. The number of benzene rings is 1. The Labute approximate surface area is 173 Å². The molecule has 0 saturated carbocycles. The van der Waals surface area contributed by atoms with Crippen molar-refractivity contribution in [2.75, 3.05) is 31.2 Å². The summed E-state index contributed by atoms with van der Waals surface area (Å²) in [4.78, 5) is 44.8. The van der Waals surface area contributed by atoms with Crippen molar-refractivity contribution < 1.29 is 19.1 Å². The normalized spacial score (nSPS) is 21.6. The molecule has 1 aromatic carbocycles. The van der Waals surface area contributed by atoms with Gasteiger partial charge in [0.25, 0.3) is 5.91 Å². The minimum atomic E-state index is -0.597. The van der Waals surface area contributed by atoms with E-state index in [0.29, 0.717) is 31.7 Å². The summed E-state index contributed by atoms with van der Waals surface area (Å²) in [5.41, 5.74) is 3.54. The highest BCUT2D eigenvalue weighted by molar-refractivity contribution is 6.05. The minimum absolute atomic E-state index is 0.158. The molecule has 1 unspecified atom stereocenters. The van der Waals surface area contributed by atoms with E-state index in [1.54, 1.807) is 11.1 Å². The van der Waals surface area contributed by atoms with Crippen LogP contribution in [-0.4, -0.2) is 60.0 Å². The third kappa shape index (κ3) is 3.33. The number of carbonyl (C=O) groups excluding carboxylic acids is 3. The molecule has 0 aliphatic carbocycles. The number of hydrogen-bond donors (Lipinski definition) is 1. The van der Waals surface area contributed by atoms with Gasteiger partial charge in [-0.1, -0.05) is 6.07 Å². The van der Waals surface area contributed by atoms with Crippen LogP contribution in [0.15, 0.2) is 36.5 Å². The zero-order chi connectivity index (χ0) is 20.7. The lowest BCUT2D eigenvalue weighted by Gasteiger charge is -2.29. The smallest absolute Gasteiger partial charge is 0.255 e. The van der Waals surface area contributed by atoms with Gasteiger partial charge in [0.15, 0.2) is 0 Å². The summed E-state index contributed by atoms with van der Waals surface area (Å²) >= 11 is 0. The van der Waals surface area contributed by atoms with Gasteiger partial charge in [-0.2, -0.15) is 0 Å². The Hall–Kier alpha value is -3.26. The molecule has 3 amide bonds. The average molecular weight is 406 g/mol.